The zero-order valence-corrected chi connectivity index (χ0v) is 15.6. The van der Waals surface area contributed by atoms with Crippen molar-refractivity contribution in [2.45, 2.75) is 44.2 Å². The molecule has 0 unspecified atom stereocenters. The summed E-state index contributed by atoms with van der Waals surface area (Å²) in [6.45, 7) is 7.49. The van der Waals surface area contributed by atoms with E-state index in [0.29, 0.717) is 19.6 Å². The van der Waals surface area contributed by atoms with Gasteiger partial charge in [-0.25, -0.2) is 22.9 Å². The average molecular weight is 357 g/mol. The molecule has 0 spiro atoms. The Bertz CT molecular complexity index is 670. The van der Waals surface area contributed by atoms with Gasteiger partial charge in [-0.15, -0.1) is 0 Å². The molecule has 1 saturated heterocycles. The standard InChI is InChI=1S/C15H27N5O3S/c1-15(2,3)18-14(21)20-7-5-12(6-8-20)9-17-24(22,23)13-10-19(4)11-16-13/h10-12,17H,5-9H2,1-4H3,(H,18,21). The Morgan fingerprint density at radius 2 is 1.96 bits per heavy atom. The lowest BCUT2D eigenvalue weighted by atomic mass is 9.97. The van der Waals surface area contributed by atoms with Crippen LogP contribution in [0, 0.1) is 5.92 Å². The van der Waals surface area contributed by atoms with Crippen molar-refractivity contribution in [2.24, 2.45) is 13.0 Å². The van der Waals surface area contributed by atoms with Gasteiger partial charge in [-0.3, -0.25) is 0 Å². The van der Waals surface area contributed by atoms with Crippen LogP contribution in [0.2, 0.25) is 0 Å². The van der Waals surface area contributed by atoms with Crippen LogP contribution in [-0.4, -0.2) is 54.1 Å². The van der Waals surface area contributed by atoms with Crippen molar-refractivity contribution in [3.05, 3.63) is 12.5 Å². The molecule has 136 valence electrons. The number of carbonyl (C=O) groups is 1. The van der Waals surface area contributed by atoms with Crippen molar-refractivity contribution in [3.63, 3.8) is 0 Å². The number of nitrogens with zero attached hydrogens (tertiary/aromatic N) is 3. The van der Waals surface area contributed by atoms with E-state index < -0.39 is 10.0 Å². The second-order valence-corrected chi connectivity index (χ2v) is 9.05. The maximum atomic E-state index is 12.2. The van der Waals surface area contributed by atoms with Gasteiger partial charge in [-0.1, -0.05) is 0 Å². The Balaban J connectivity index is 1.80. The summed E-state index contributed by atoms with van der Waals surface area (Å²) in [5, 5.41) is 2.98. The topological polar surface area (TPSA) is 96.3 Å². The van der Waals surface area contributed by atoms with Gasteiger partial charge >= 0.3 is 6.03 Å². The first kappa shape index (κ1) is 18.7. The van der Waals surface area contributed by atoms with E-state index >= 15 is 0 Å². The second kappa shape index (κ2) is 7.10. The number of carbonyl (C=O) groups excluding carboxylic acids is 1. The molecule has 2 heterocycles. The fraction of sp³-hybridized carbons (Fsp3) is 0.733. The molecule has 0 atom stereocenters. The normalized spacial score (nSPS) is 17.1. The second-order valence-electron chi connectivity index (χ2n) is 7.34. The first-order chi connectivity index (χ1) is 11.1. The molecule has 2 amide bonds. The van der Waals surface area contributed by atoms with Crippen molar-refractivity contribution in [3.8, 4) is 0 Å². The van der Waals surface area contributed by atoms with Gasteiger partial charge in [0.25, 0.3) is 10.0 Å². The van der Waals surface area contributed by atoms with Crippen LogP contribution in [-0.2, 0) is 17.1 Å². The number of likely N-dealkylation sites (tertiary alicyclic amines) is 1. The third kappa shape index (κ3) is 5.20. The Morgan fingerprint density at radius 1 is 1.33 bits per heavy atom. The van der Waals surface area contributed by atoms with Gasteiger partial charge in [0.15, 0.2) is 5.03 Å². The van der Waals surface area contributed by atoms with Crippen LogP contribution in [0.4, 0.5) is 4.79 Å². The molecule has 0 aromatic carbocycles. The molecular weight excluding hydrogens is 330 g/mol. The van der Waals surface area contributed by atoms with Crippen LogP contribution in [0.15, 0.2) is 17.6 Å². The predicted molar refractivity (Wildman–Crippen MR) is 91.0 cm³/mol. The SMILES string of the molecule is Cn1cnc(S(=O)(=O)NCC2CCN(C(=O)NC(C)(C)C)CC2)c1. The Labute approximate surface area is 143 Å². The van der Waals surface area contributed by atoms with Crippen molar-refractivity contribution in [1.29, 1.82) is 0 Å². The highest BCUT2D eigenvalue weighted by Gasteiger charge is 2.26. The highest BCUT2D eigenvalue weighted by molar-refractivity contribution is 7.89. The third-order valence-corrected chi connectivity index (χ3v) is 5.21. The lowest BCUT2D eigenvalue weighted by Crippen LogP contribution is -2.51. The van der Waals surface area contributed by atoms with E-state index in [0.717, 1.165) is 12.8 Å². The van der Waals surface area contributed by atoms with Gasteiger partial charge in [0.1, 0.15) is 0 Å². The molecule has 2 N–H and O–H groups in total. The summed E-state index contributed by atoms with van der Waals surface area (Å²) in [5.41, 5.74) is -0.258. The molecule has 0 aliphatic carbocycles. The van der Waals surface area contributed by atoms with Gasteiger partial charge < -0.3 is 14.8 Å². The quantitative estimate of drug-likeness (QED) is 0.837. The van der Waals surface area contributed by atoms with Crippen LogP contribution in [0.25, 0.3) is 0 Å². The molecule has 1 fully saturated rings. The zero-order valence-electron chi connectivity index (χ0n) is 14.7. The molecule has 0 radical (unpaired) electrons. The van der Waals surface area contributed by atoms with Gasteiger partial charge in [0.05, 0.1) is 6.33 Å². The summed E-state index contributed by atoms with van der Waals surface area (Å²) >= 11 is 0. The molecule has 0 bridgehead atoms. The van der Waals surface area contributed by atoms with Gasteiger partial charge in [-0.05, 0) is 39.5 Å². The summed E-state index contributed by atoms with van der Waals surface area (Å²) in [5.74, 6) is 0.224. The van der Waals surface area contributed by atoms with Crippen LogP contribution in [0.3, 0.4) is 0 Å². The number of aromatic nitrogens is 2. The van der Waals surface area contributed by atoms with Gasteiger partial charge in [0, 0.05) is 38.4 Å². The highest BCUT2D eigenvalue weighted by atomic mass is 32.2. The number of aryl methyl sites for hydroxylation is 1. The molecule has 2 rings (SSSR count). The number of sulfonamides is 1. The minimum Gasteiger partial charge on any atom is -0.339 e. The number of urea groups is 1. The first-order valence-corrected chi connectivity index (χ1v) is 9.60. The van der Waals surface area contributed by atoms with Crippen LogP contribution < -0.4 is 10.0 Å². The Hall–Kier alpha value is -1.61. The van der Waals surface area contributed by atoms with E-state index in [2.05, 4.69) is 15.0 Å². The third-order valence-electron chi connectivity index (χ3n) is 3.90. The monoisotopic (exact) mass is 357 g/mol. The zero-order chi connectivity index (χ0) is 18.0. The van der Waals surface area contributed by atoms with Crippen molar-refractivity contribution < 1.29 is 13.2 Å². The first-order valence-electron chi connectivity index (χ1n) is 8.11. The fourth-order valence-electron chi connectivity index (χ4n) is 2.57. The van der Waals surface area contributed by atoms with Crippen LogP contribution >= 0.6 is 0 Å². The Kier molecular flexibility index (Phi) is 5.54. The Morgan fingerprint density at radius 3 is 2.46 bits per heavy atom. The highest BCUT2D eigenvalue weighted by Crippen LogP contribution is 2.18. The lowest BCUT2D eigenvalue weighted by Gasteiger charge is -2.34. The summed E-state index contributed by atoms with van der Waals surface area (Å²) in [7, 11) is -1.84. The molecule has 1 aromatic heterocycles. The molecule has 1 aliphatic heterocycles. The maximum absolute atomic E-state index is 12.2. The van der Waals surface area contributed by atoms with Gasteiger partial charge in [0.2, 0.25) is 0 Å². The summed E-state index contributed by atoms with van der Waals surface area (Å²) in [4.78, 5) is 17.8. The molecule has 1 aromatic rings. The number of hydrogen-bond acceptors (Lipinski definition) is 4. The molecule has 8 nitrogen and oxygen atoms in total. The molecule has 0 saturated carbocycles. The van der Waals surface area contributed by atoms with Crippen molar-refractivity contribution in [2.75, 3.05) is 19.6 Å². The number of imidazole rings is 1. The summed E-state index contributed by atoms with van der Waals surface area (Å²) in [6, 6.07) is -0.0602. The van der Waals surface area contributed by atoms with Gasteiger partial charge in [-0.2, -0.15) is 0 Å². The molecular formula is C15H27N5O3S. The van der Waals surface area contributed by atoms with Crippen molar-refractivity contribution in [1.82, 2.24) is 24.5 Å². The van der Waals surface area contributed by atoms with Crippen LogP contribution in [0.5, 0.6) is 0 Å². The summed E-state index contributed by atoms with van der Waals surface area (Å²) in [6.07, 6.45) is 4.49. The predicted octanol–water partition coefficient (Wildman–Crippen LogP) is 0.919. The van der Waals surface area contributed by atoms with E-state index in [4.69, 9.17) is 0 Å². The average Bonchev–Trinajstić information content (AvgIpc) is 2.91. The summed E-state index contributed by atoms with van der Waals surface area (Å²) < 4.78 is 28.5. The number of piperidine rings is 1. The van der Waals surface area contributed by atoms with E-state index in [-0.39, 0.29) is 22.5 Å². The number of hydrogen-bond donors (Lipinski definition) is 2. The van der Waals surface area contributed by atoms with E-state index in [1.807, 2.05) is 20.8 Å². The number of nitrogens with one attached hydrogen (secondary N) is 2. The number of rotatable bonds is 4. The largest absolute Gasteiger partial charge is 0.339 e. The maximum Gasteiger partial charge on any atom is 0.317 e. The minimum atomic E-state index is -3.57. The van der Waals surface area contributed by atoms with Crippen LogP contribution in [0.1, 0.15) is 33.6 Å². The van der Waals surface area contributed by atoms with E-state index in [1.165, 1.54) is 12.5 Å². The molecule has 1 aliphatic rings. The molecule has 24 heavy (non-hydrogen) atoms. The minimum absolute atomic E-state index is 0.0343. The lowest BCUT2D eigenvalue weighted by molar-refractivity contribution is 0.163. The van der Waals surface area contributed by atoms with E-state index in [9.17, 15) is 13.2 Å². The van der Waals surface area contributed by atoms with Crippen molar-refractivity contribution >= 4 is 16.1 Å². The fourth-order valence-corrected chi connectivity index (χ4v) is 3.66. The number of amides is 2. The smallest absolute Gasteiger partial charge is 0.317 e. The van der Waals surface area contributed by atoms with E-state index in [1.54, 1.807) is 16.5 Å². The molecule has 9 heteroatoms.